The van der Waals surface area contributed by atoms with Crippen LogP contribution < -0.4 is 10.2 Å². The number of nitrogens with one attached hydrogen (secondary N) is 1. The van der Waals surface area contributed by atoms with Gasteiger partial charge >= 0.3 is 0 Å². The fraction of sp³-hybridized carbons (Fsp3) is 0.643. The summed E-state index contributed by atoms with van der Waals surface area (Å²) in [6.07, 6.45) is 6.31. The highest BCUT2D eigenvalue weighted by Gasteiger charge is 2.20. The second-order valence-corrected chi connectivity index (χ2v) is 5.11. The lowest BCUT2D eigenvalue weighted by molar-refractivity contribution is 0.253. The maximum Gasteiger partial charge on any atom is 0.0573 e. The summed E-state index contributed by atoms with van der Waals surface area (Å²) in [5.41, 5.74) is 2.32. The van der Waals surface area contributed by atoms with Crippen molar-refractivity contribution in [3.8, 4) is 0 Å². The highest BCUT2D eigenvalue weighted by atomic mass is 15.2. The van der Waals surface area contributed by atoms with Crippen LogP contribution >= 0.6 is 0 Å². The second-order valence-electron chi connectivity index (χ2n) is 5.11. The van der Waals surface area contributed by atoms with Gasteiger partial charge in [-0.25, -0.2) is 0 Å². The minimum absolute atomic E-state index is 0.639. The number of rotatable bonds is 4. The minimum atomic E-state index is 0.639. The monoisotopic (exact) mass is 248 g/mol. The van der Waals surface area contributed by atoms with E-state index in [2.05, 4.69) is 47.2 Å². The van der Waals surface area contributed by atoms with Crippen LogP contribution in [0, 0.1) is 0 Å². The first-order chi connectivity index (χ1) is 8.70. The van der Waals surface area contributed by atoms with E-state index in [1.807, 2.05) is 12.4 Å². The molecule has 1 aromatic rings. The summed E-state index contributed by atoms with van der Waals surface area (Å²) >= 11 is 0. The Hall–Kier alpha value is -1.29. The number of aromatic nitrogens is 1. The zero-order valence-electron chi connectivity index (χ0n) is 11.7. The summed E-state index contributed by atoms with van der Waals surface area (Å²) in [5.74, 6) is 0. The molecule has 4 heteroatoms. The Morgan fingerprint density at radius 3 is 2.78 bits per heavy atom. The molecule has 1 saturated heterocycles. The molecule has 0 aliphatic carbocycles. The Morgan fingerprint density at radius 2 is 2.11 bits per heavy atom. The zero-order chi connectivity index (χ0) is 13.0. The van der Waals surface area contributed by atoms with Crippen molar-refractivity contribution >= 4 is 11.4 Å². The van der Waals surface area contributed by atoms with Crippen molar-refractivity contribution < 1.29 is 0 Å². The topological polar surface area (TPSA) is 31.4 Å². The van der Waals surface area contributed by atoms with E-state index in [0.29, 0.717) is 6.04 Å². The molecule has 0 amide bonds. The average Bonchev–Trinajstić information content (AvgIpc) is 2.39. The first-order valence-electron chi connectivity index (χ1n) is 6.81. The van der Waals surface area contributed by atoms with E-state index in [4.69, 9.17) is 0 Å². The molecule has 0 bridgehead atoms. The second kappa shape index (κ2) is 6.05. The summed E-state index contributed by atoms with van der Waals surface area (Å²) in [6.45, 7) is 5.42. The highest BCUT2D eigenvalue weighted by Crippen LogP contribution is 2.23. The first kappa shape index (κ1) is 13.1. The van der Waals surface area contributed by atoms with Crippen molar-refractivity contribution in [1.29, 1.82) is 0 Å². The molecule has 2 rings (SSSR count). The highest BCUT2D eigenvalue weighted by molar-refractivity contribution is 5.55. The third kappa shape index (κ3) is 3.13. The zero-order valence-corrected chi connectivity index (χ0v) is 11.7. The van der Waals surface area contributed by atoms with Crippen molar-refractivity contribution in [2.45, 2.75) is 25.8 Å². The Bertz CT molecular complexity index is 372. The Kier molecular flexibility index (Phi) is 4.42. The van der Waals surface area contributed by atoms with Crippen LogP contribution in [0.3, 0.4) is 0 Å². The Labute approximate surface area is 110 Å². The standard InChI is InChI=1S/C14H24N4/c1-4-16-12-9-14(11-15-10-12)18(3)13-5-7-17(2)8-6-13/h9-11,13,16H,4-8H2,1-3H3. The maximum atomic E-state index is 4.32. The number of nitrogens with zero attached hydrogens (tertiary/aromatic N) is 3. The smallest absolute Gasteiger partial charge is 0.0573 e. The van der Waals surface area contributed by atoms with Gasteiger partial charge in [-0.05, 0) is 46.0 Å². The molecular formula is C14H24N4. The fourth-order valence-corrected chi connectivity index (χ4v) is 2.51. The van der Waals surface area contributed by atoms with Gasteiger partial charge in [-0.3, -0.25) is 4.98 Å². The molecule has 0 spiro atoms. The first-order valence-corrected chi connectivity index (χ1v) is 6.81. The molecular weight excluding hydrogens is 224 g/mol. The lowest BCUT2D eigenvalue weighted by atomic mass is 10.0. The van der Waals surface area contributed by atoms with Crippen molar-refractivity contribution in [3.63, 3.8) is 0 Å². The number of piperidine rings is 1. The Morgan fingerprint density at radius 1 is 1.39 bits per heavy atom. The van der Waals surface area contributed by atoms with E-state index >= 15 is 0 Å². The van der Waals surface area contributed by atoms with E-state index in [-0.39, 0.29) is 0 Å². The van der Waals surface area contributed by atoms with Gasteiger partial charge in [0.05, 0.1) is 23.8 Å². The molecule has 0 atom stereocenters. The third-order valence-corrected chi connectivity index (χ3v) is 3.75. The third-order valence-electron chi connectivity index (χ3n) is 3.75. The normalized spacial score (nSPS) is 17.7. The Balaban J connectivity index is 2.03. The van der Waals surface area contributed by atoms with Gasteiger partial charge in [0, 0.05) is 19.6 Å². The summed E-state index contributed by atoms with van der Waals surface area (Å²) < 4.78 is 0. The van der Waals surface area contributed by atoms with Crippen LogP contribution in [0.15, 0.2) is 18.5 Å². The summed E-state index contributed by atoms with van der Waals surface area (Å²) in [6, 6.07) is 2.83. The van der Waals surface area contributed by atoms with E-state index in [1.165, 1.54) is 31.6 Å². The lowest BCUT2D eigenvalue weighted by Crippen LogP contribution is -2.42. The molecule has 0 unspecified atom stereocenters. The molecule has 18 heavy (non-hydrogen) atoms. The van der Waals surface area contributed by atoms with Gasteiger partial charge < -0.3 is 15.1 Å². The van der Waals surface area contributed by atoms with Gasteiger partial charge in [-0.15, -0.1) is 0 Å². The molecule has 1 N–H and O–H groups in total. The van der Waals surface area contributed by atoms with Crippen LogP contribution in [0.4, 0.5) is 11.4 Å². The molecule has 0 radical (unpaired) electrons. The molecule has 1 fully saturated rings. The molecule has 100 valence electrons. The van der Waals surface area contributed by atoms with Gasteiger partial charge in [0.2, 0.25) is 0 Å². The van der Waals surface area contributed by atoms with Gasteiger partial charge in [0.25, 0.3) is 0 Å². The van der Waals surface area contributed by atoms with Crippen LogP contribution in [0.25, 0.3) is 0 Å². The number of likely N-dealkylation sites (tertiary alicyclic amines) is 1. The van der Waals surface area contributed by atoms with Gasteiger partial charge in [-0.2, -0.15) is 0 Å². The SMILES string of the molecule is CCNc1cncc(N(C)C2CCN(C)CC2)c1. The van der Waals surface area contributed by atoms with Crippen molar-refractivity contribution in [2.24, 2.45) is 0 Å². The van der Waals surface area contributed by atoms with Crippen molar-refractivity contribution in [2.75, 3.05) is 43.9 Å². The largest absolute Gasteiger partial charge is 0.384 e. The van der Waals surface area contributed by atoms with Crippen LogP contribution in [0.5, 0.6) is 0 Å². The van der Waals surface area contributed by atoms with E-state index in [0.717, 1.165) is 12.2 Å². The van der Waals surface area contributed by atoms with Gasteiger partial charge in [0.15, 0.2) is 0 Å². The van der Waals surface area contributed by atoms with Crippen LogP contribution in [0.1, 0.15) is 19.8 Å². The molecule has 1 aliphatic heterocycles. The van der Waals surface area contributed by atoms with Crippen molar-refractivity contribution in [1.82, 2.24) is 9.88 Å². The minimum Gasteiger partial charge on any atom is -0.384 e. The summed E-state index contributed by atoms with van der Waals surface area (Å²) in [5, 5.41) is 3.32. The molecule has 0 aromatic carbocycles. The maximum absolute atomic E-state index is 4.32. The fourth-order valence-electron chi connectivity index (χ4n) is 2.51. The average molecular weight is 248 g/mol. The number of hydrogen-bond acceptors (Lipinski definition) is 4. The molecule has 2 heterocycles. The summed E-state index contributed by atoms with van der Waals surface area (Å²) in [4.78, 5) is 9.10. The molecule has 1 aliphatic rings. The van der Waals surface area contributed by atoms with E-state index < -0.39 is 0 Å². The molecule has 0 saturated carbocycles. The number of hydrogen-bond donors (Lipinski definition) is 1. The molecule has 4 nitrogen and oxygen atoms in total. The van der Waals surface area contributed by atoms with Gasteiger partial charge in [-0.1, -0.05) is 0 Å². The van der Waals surface area contributed by atoms with Crippen molar-refractivity contribution in [3.05, 3.63) is 18.5 Å². The van der Waals surface area contributed by atoms with E-state index in [1.54, 1.807) is 0 Å². The molecule has 1 aromatic heterocycles. The van der Waals surface area contributed by atoms with Crippen LogP contribution in [0.2, 0.25) is 0 Å². The lowest BCUT2D eigenvalue weighted by Gasteiger charge is -2.36. The predicted octanol–water partition coefficient (Wildman–Crippen LogP) is 2.04. The van der Waals surface area contributed by atoms with E-state index in [9.17, 15) is 0 Å². The van der Waals surface area contributed by atoms with Crippen LogP contribution in [-0.2, 0) is 0 Å². The number of pyridine rings is 1. The quantitative estimate of drug-likeness (QED) is 0.883. The predicted molar refractivity (Wildman–Crippen MR) is 77.3 cm³/mol. The number of anilines is 2. The summed E-state index contributed by atoms with van der Waals surface area (Å²) in [7, 11) is 4.38. The van der Waals surface area contributed by atoms with Crippen LogP contribution in [-0.4, -0.2) is 49.7 Å². The van der Waals surface area contributed by atoms with Gasteiger partial charge in [0.1, 0.15) is 0 Å².